The zero-order valence-corrected chi connectivity index (χ0v) is 14.2. The molecule has 0 aliphatic rings. The maximum Gasteiger partial charge on any atom is 0.231 e. The molecule has 0 radical (unpaired) electrons. The van der Waals surface area contributed by atoms with E-state index in [-0.39, 0.29) is 0 Å². The van der Waals surface area contributed by atoms with Crippen LogP contribution < -0.4 is 0 Å². The van der Waals surface area contributed by atoms with E-state index in [0.29, 0.717) is 22.5 Å². The molecule has 10 heteroatoms. The van der Waals surface area contributed by atoms with Gasteiger partial charge in [0, 0.05) is 0 Å². The minimum absolute atomic E-state index is 0.356. The SMILES string of the molecule is Cc1ncc(N=Nc2n[nH]c(C)c2N=Nc2nc3ccccc3s2)[nH]1. The highest BCUT2D eigenvalue weighted by molar-refractivity contribution is 7.21. The highest BCUT2D eigenvalue weighted by atomic mass is 32.1. The average molecular weight is 351 g/mol. The van der Waals surface area contributed by atoms with Crippen LogP contribution in [-0.4, -0.2) is 25.1 Å². The first-order valence-electron chi connectivity index (χ1n) is 7.44. The van der Waals surface area contributed by atoms with E-state index in [1.54, 1.807) is 6.20 Å². The lowest BCUT2D eigenvalue weighted by Gasteiger charge is -1.89. The molecule has 0 unspecified atom stereocenters. The minimum atomic E-state index is 0.356. The van der Waals surface area contributed by atoms with E-state index < -0.39 is 0 Å². The summed E-state index contributed by atoms with van der Waals surface area (Å²) < 4.78 is 1.06. The van der Waals surface area contributed by atoms with Gasteiger partial charge in [-0.2, -0.15) is 5.10 Å². The summed E-state index contributed by atoms with van der Waals surface area (Å²) in [5, 5.41) is 24.2. The van der Waals surface area contributed by atoms with Crippen LogP contribution in [0.25, 0.3) is 10.2 Å². The van der Waals surface area contributed by atoms with Crippen molar-refractivity contribution in [3.63, 3.8) is 0 Å². The Hall–Kier alpha value is -3.27. The average Bonchev–Trinajstić information content (AvgIpc) is 3.29. The Balaban J connectivity index is 1.61. The number of rotatable bonds is 4. The molecule has 0 atom stereocenters. The van der Waals surface area contributed by atoms with E-state index in [4.69, 9.17) is 0 Å². The van der Waals surface area contributed by atoms with E-state index in [1.165, 1.54) is 11.3 Å². The van der Waals surface area contributed by atoms with Crippen LogP contribution in [0.2, 0.25) is 0 Å². The summed E-state index contributed by atoms with van der Waals surface area (Å²) in [6, 6.07) is 7.86. The number of aryl methyl sites for hydroxylation is 2. The molecule has 1 aromatic carbocycles. The highest BCUT2D eigenvalue weighted by Crippen LogP contribution is 2.33. The zero-order chi connectivity index (χ0) is 17.2. The second-order valence-corrected chi connectivity index (χ2v) is 6.25. The highest BCUT2D eigenvalue weighted by Gasteiger charge is 2.10. The normalized spacial score (nSPS) is 12.1. The molecule has 0 aliphatic carbocycles. The summed E-state index contributed by atoms with van der Waals surface area (Å²) in [5.41, 5.74) is 2.18. The van der Waals surface area contributed by atoms with Crippen LogP contribution >= 0.6 is 11.3 Å². The fourth-order valence-electron chi connectivity index (χ4n) is 2.16. The van der Waals surface area contributed by atoms with Crippen LogP contribution in [0.5, 0.6) is 0 Å². The van der Waals surface area contributed by atoms with E-state index >= 15 is 0 Å². The molecule has 9 nitrogen and oxygen atoms in total. The number of aromatic amines is 2. The van der Waals surface area contributed by atoms with Crippen LogP contribution in [0.4, 0.5) is 22.5 Å². The van der Waals surface area contributed by atoms with Crippen LogP contribution in [0, 0.1) is 13.8 Å². The van der Waals surface area contributed by atoms with Gasteiger partial charge in [-0.3, -0.25) is 5.10 Å². The lowest BCUT2D eigenvalue weighted by molar-refractivity contribution is 1.02. The van der Waals surface area contributed by atoms with Gasteiger partial charge < -0.3 is 4.98 Å². The smallest absolute Gasteiger partial charge is 0.231 e. The number of hydrogen-bond acceptors (Lipinski definition) is 8. The largest absolute Gasteiger partial charge is 0.326 e. The summed E-state index contributed by atoms with van der Waals surface area (Å²) >= 11 is 1.47. The van der Waals surface area contributed by atoms with Crippen LogP contribution in [0.3, 0.4) is 0 Å². The number of imidazole rings is 1. The third-order valence-electron chi connectivity index (χ3n) is 3.36. The molecule has 4 aromatic rings. The second kappa shape index (κ2) is 6.32. The molecule has 0 fully saturated rings. The molecule has 0 saturated carbocycles. The van der Waals surface area contributed by atoms with Crippen molar-refractivity contribution in [2.45, 2.75) is 13.8 Å². The number of thiazole rings is 1. The fraction of sp³-hybridized carbons (Fsp3) is 0.133. The second-order valence-electron chi connectivity index (χ2n) is 5.24. The number of para-hydroxylation sites is 1. The number of aromatic nitrogens is 5. The van der Waals surface area contributed by atoms with Gasteiger partial charge in [-0.05, 0) is 26.0 Å². The summed E-state index contributed by atoms with van der Waals surface area (Å²) in [6.07, 6.45) is 1.60. The number of fused-ring (bicyclic) bond motifs is 1. The molecule has 0 saturated heterocycles. The predicted octanol–water partition coefficient (Wildman–Crippen LogP) is 5.19. The summed E-state index contributed by atoms with van der Waals surface area (Å²) in [5.74, 6) is 1.67. The van der Waals surface area contributed by atoms with Gasteiger partial charge in [-0.1, -0.05) is 23.5 Å². The quantitative estimate of drug-likeness (QED) is 0.492. The van der Waals surface area contributed by atoms with Crippen molar-refractivity contribution in [2.75, 3.05) is 0 Å². The number of H-pyrrole nitrogens is 2. The van der Waals surface area contributed by atoms with Crippen LogP contribution in [-0.2, 0) is 0 Å². The molecule has 0 spiro atoms. The summed E-state index contributed by atoms with van der Waals surface area (Å²) in [6.45, 7) is 3.69. The molecule has 0 aliphatic heterocycles. The summed E-state index contributed by atoms with van der Waals surface area (Å²) in [7, 11) is 0. The number of nitrogens with zero attached hydrogens (tertiary/aromatic N) is 7. The Morgan fingerprint density at radius 2 is 1.92 bits per heavy atom. The van der Waals surface area contributed by atoms with Gasteiger partial charge in [0.2, 0.25) is 10.9 Å². The number of azo groups is 2. The Bertz CT molecular complexity index is 1050. The lowest BCUT2D eigenvalue weighted by atomic mass is 10.3. The Morgan fingerprint density at radius 1 is 1.04 bits per heavy atom. The van der Waals surface area contributed by atoms with Crippen molar-refractivity contribution in [3.8, 4) is 0 Å². The van der Waals surface area contributed by atoms with Crippen molar-refractivity contribution in [1.29, 1.82) is 0 Å². The number of hydrogen-bond donors (Lipinski definition) is 2. The monoisotopic (exact) mass is 351 g/mol. The number of benzene rings is 1. The molecule has 2 N–H and O–H groups in total. The van der Waals surface area contributed by atoms with Gasteiger partial charge in [-0.15, -0.1) is 20.5 Å². The van der Waals surface area contributed by atoms with Gasteiger partial charge in [0.25, 0.3) is 0 Å². The Kier molecular flexibility index (Phi) is 3.86. The maximum absolute atomic E-state index is 4.43. The van der Waals surface area contributed by atoms with E-state index in [9.17, 15) is 0 Å². The number of nitrogens with one attached hydrogen (secondary N) is 2. The van der Waals surface area contributed by atoms with Crippen molar-refractivity contribution in [1.82, 2.24) is 25.1 Å². The fourth-order valence-corrected chi connectivity index (χ4v) is 2.94. The lowest BCUT2D eigenvalue weighted by Crippen LogP contribution is -1.69. The molecule has 0 amide bonds. The molecule has 124 valence electrons. The molecular weight excluding hydrogens is 338 g/mol. The van der Waals surface area contributed by atoms with Gasteiger partial charge in [0.1, 0.15) is 5.82 Å². The maximum atomic E-state index is 4.43. The van der Waals surface area contributed by atoms with E-state index in [0.717, 1.165) is 21.7 Å². The first-order valence-corrected chi connectivity index (χ1v) is 8.26. The summed E-state index contributed by atoms with van der Waals surface area (Å²) in [4.78, 5) is 11.5. The third kappa shape index (κ3) is 3.19. The Labute approximate surface area is 146 Å². The van der Waals surface area contributed by atoms with E-state index in [2.05, 4.69) is 45.6 Å². The van der Waals surface area contributed by atoms with Crippen molar-refractivity contribution in [2.24, 2.45) is 20.5 Å². The van der Waals surface area contributed by atoms with Gasteiger partial charge in [0.15, 0.2) is 11.5 Å². The van der Waals surface area contributed by atoms with Crippen LogP contribution in [0.1, 0.15) is 11.5 Å². The molecular formula is C15H13N9S. The first-order chi connectivity index (χ1) is 12.2. The van der Waals surface area contributed by atoms with Crippen molar-refractivity contribution in [3.05, 3.63) is 42.0 Å². The third-order valence-corrected chi connectivity index (χ3v) is 4.28. The van der Waals surface area contributed by atoms with Crippen molar-refractivity contribution < 1.29 is 0 Å². The Morgan fingerprint density at radius 3 is 2.72 bits per heavy atom. The first kappa shape index (κ1) is 15.3. The van der Waals surface area contributed by atoms with Crippen molar-refractivity contribution >= 4 is 44.0 Å². The molecule has 3 heterocycles. The van der Waals surface area contributed by atoms with Crippen LogP contribution in [0.15, 0.2) is 50.9 Å². The standard InChI is InChI=1S/C15H13N9S/c1-8-13(14(22-19-8)23-20-12-7-16-9(2)17-12)21-24-15-18-10-5-3-4-6-11(10)25-15/h3-7H,1-2H3,(H,16,17)(H,19,22). The topological polar surface area (TPSA) is 120 Å². The van der Waals surface area contributed by atoms with Gasteiger partial charge in [-0.25, -0.2) is 9.97 Å². The molecule has 0 bridgehead atoms. The molecule has 3 aromatic heterocycles. The molecule has 25 heavy (non-hydrogen) atoms. The van der Waals surface area contributed by atoms with Gasteiger partial charge >= 0.3 is 0 Å². The van der Waals surface area contributed by atoms with Gasteiger partial charge in [0.05, 0.1) is 22.1 Å². The minimum Gasteiger partial charge on any atom is -0.326 e. The predicted molar refractivity (Wildman–Crippen MR) is 94.6 cm³/mol. The van der Waals surface area contributed by atoms with E-state index in [1.807, 2.05) is 38.1 Å². The zero-order valence-electron chi connectivity index (χ0n) is 13.4. The molecule has 4 rings (SSSR count).